The molecule has 1 aromatic rings. The number of hydrogen-bond acceptors (Lipinski definition) is 3. The Bertz CT molecular complexity index is 506. The zero-order valence-electron chi connectivity index (χ0n) is 12.6. The van der Waals surface area contributed by atoms with Crippen LogP contribution in [0.25, 0.3) is 0 Å². The second kappa shape index (κ2) is 4.58. The molecule has 0 aliphatic carbocycles. The molecule has 3 rings (SSSR count). The largest absolute Gasteiger partial charge is 0.348 e. The van der Waals surface area contributed by atoms with Crippen LogP contribution in [-0.4, -0.2) is 40.4 Å². The molecule has 1 aromatic heterocycles. The fourth-order valence-corrected chi connectivity index (χ4v) is 3.41. The second-order valence-electron chi connectivity index (χ2n) is 7.03. The van der Waals surface area contributed by atoms with Gasteiger partial charge in [-0.3, -0.25) is 4.79 Å². The topological polar surface area (TPSA) is 61.0 Å². The molecule has 1 spiro atoms. The van der Waals surface area contributed by atoms with Crippen LogP contribution in [0.3, 0.4) is 0 Å². The van der Waals surface area contributed by atoms with Crippen molar-refractivity contribution in [2.45, 2.75) is 45.6 Å². The number of aromatic nitrogens is 2. The summed E-state index contributed by atoms with van der Waals surface area (Å²) in [6, 6.07) is 0. The zero-order valence-corrected chi connectivity index (χ0v) is 12.6. The highest BCUT2D eigenvalue weighted by molar-refractivity contribution is 5.81. The third-order valence-electron chi connectivity index (χ3n) is 4.56. The van der Waals surface area contributed by atoms with Gasteiger partial charge in [-0.15, -0.1) is 0 Å². The molecule has 0 unspecified atom stereocenters. The van der Waals surface area contributed by atoms with Gasteiger partial charge in [-0.25, -0.2) is 4.98 Å². The van der Waals surface area contributed by atoms with E-state index in [1.807, 2.05) is 25.7 Å². The van der Waals surface area contributed by atoms with Gasteiger partial charge < -0.3 is 15.2 Å². The minimum absolute atomic E-state index is 0.0255. The van der Waals surface area contributed by atoms with Gasteiger partial charge in [0.25, 0.3) is 0 Å². The molecule has 0 saturated carbocycles. The molecule has 2 aliphatic heterocycles. The Morgan fingerprint density at radius 2 is 2.05 bits per heavy atom. The van der Waals surface area contributed by atoms with Crippen LogP contribution in [0.2, 0.25) is 0 Å². The molecule has 0 radical (unpaired) electrons. The maximum atomic E-state index is 12.4. The minimum Gasteiger partial charge on any atom is -0.348 e. The maximum Gasteiger partial charge on any atom is 0.227 e. The van der Waals surface area contributed by atoms with Gasteiger partial charge in [0.15, 0.2) is 0 Å². The van der Waals surface area contributed by atoms with Gasteiger partial charge >= 0.3 is 0 Å². The number of likely N-dealkylation sites (tertiary alicyclic amines) is 1. The van der Waals surface area contributed by atoms with E-state index in [0.717, 1.165) is 38.9 Å². The molecule has 0 atom stereocenters. The summed E-state index contributed by atoms with van der Waals surface area (Å²) in [5, 5.41) is 3.65. The first-order valence-corrected chi connectivity index (χ1v) is 7.49. The predicted molar refractivity (Wildman–Crippen MR) is 77.2 cm³/mol. The van der Waals surface area contributed by atoms with Crippen molar-refractivity contribution in [1.29, 1.82) is 0 Å². The van der Waals surface area contributed by atoms with Crippen molar-refractivity contribution < 1.29 is 4.79 Å². The molecule has 0 aromatic carbocycles. The van der Waals surface area contributed by atoms with Crippen LogP contribution in [0.5, 0.6) is 0 Å². The number of imidazole rings is 1. The molecular formula is C15H24N4O. The average Bonchev–Trinajstić information content (AvgIpc) is 2.88. The molecule has 1 amide bonds. The summed E-state index contributed by atoms with van der Waals surface area (Å²) in [6.45, 7) is 8.59. The number of carbonyl (C=O) groups excluding carboxylic acids is 1. The lowest BCUT2D eigenvalue weighted by molar-refractivity contribution is -0.141. The molecule has 2 aliphatic rings. The first kappa shape index (κ1) is 13.6. The van der Waals surface area contributed by atoms with E-state index >= 15 is 0 Å². The maximum absolute atomic E-state index is 12.4. The van der Waals surface area contributed by atoms with Gasteiger partial charge in [-0.05, 0) is 12.8 Å². The van der Waals surface area contributed by atoms with Crippen molar-refractivity contribution in [3.8, 4) is 0 Å². The Morgan fingerprint density at radius 3 is 2.70 bits per heavy atom. The number of nitrogens with zero attached hydrogens (tertiary/aromatic N) is 2. The van der Waals surface area contributed by atoms with E-state index in [1.54, 1.807) is 6.33 Å². The quantitative estimate of drug-likeness (QED) is 0.753. The molecule has 20 heavy (non-hydrogen) atoms. The van der Waals surface area contributed by atoms with E-state index in [-0.39, 0.29) is 16.9 Å². The molecule has 3 heterocycles. The number of amides is 1. The Morgan fingerprint density at radius 1 is 1.35 bits per heavy atom. The van der Waals surface area contributed by atoms with Crippen LogP contribution in [0.1, 0.15) is 45.0 Å². The molecule has 5 nitrogen and oxygen atoms in total. The molecule has 1 fully saturated rings. The zero-order chi connectivity index (χ0) is 14.4. The van der Waals surface area contributed by atoms with E-state index in [0.29, 0.717) is 0 Å². The SMILES string of the molecule is CC(C)(C)C(=O)N1CCC2(CC1)NCCc1[nH]cnc12. The van der Waals surface area contributed by atoms with Gasteiger partial charge in [0.1, 0.15) is 0 Å². The second-order valence-corrected chi connectivity index (χ2v) is 7.03. The lowest BCUT2D eigenvalue weighted by Crippen LogP contribution is -2.56. The summed E-state index contributed by atoms with van der Waals surface area (Å²) in [7, 11) is 0. The number of aromatic amines is 1. The van der Waals surface area contributed by atoms with Crippen LogP contribution in [0.4, 0.5) is 0 Å². The number of carbonyl (C=O) groups is 1. The smallest absolute Gasteiger partial charge is 0.227 e. The van der Waals surface area contributed by atoms with E-state index in [1.165, 1.54) is 11.4 Å². The predicted octanol–water partition coefficient (Wildman–Crippen LogP) is 1.42. The molecule has 5 heteroatoms. The van der Waals surface area contributed by atoms with Crippen molar-refractivity contribution in [2.24, 2.45) is 5.41 Å². The lowest BCUT2D eigenvalue weighted by Gasteiger charge is -2.45. The van der Waals surface area contributed by atoms with Crippen molar-refractivity contribution >= 4 is 5.91 Å². The van der Waals surface area contributed by atoms with Gasteiger partial charge in [0.2, 0.25) is 5.91 Å². The third kappa shape index (κ3) is 2.14. The summed E-state index contributed by atoms with van der Waals surface area (Å²) in [6.07, 6.45) is 4.72. The third-order valence-corrected chi connectivity index (χ3v) is 4.56. The molecule has 110 valence electrons. The van der Waals surface area contributed by atoms with Crippen LogP contribution in [-0.2, 0) is 16.8 Å². The van der Waals surface area contributed by atoms with Crippen molar-refractivity contribution in [1.82, 2.24) is 20.2 Å². The first-order valence-electron chi connectivity index (χ1n) is 7.49. The van der Waals surface area contributed by atoms with E-state index < -0.39 is 0 Å². The van der Waals surface area contributed by atoms with Gasteiger partial charge in [-0.2, -0.15) is 0 Å². The highest BCUT2D eigenvalue weighted by Gasteiger charge is 2.43. The number of fused-ring (bicyclic) bond motifs is 2. The molecule has 1 saturated heterocycles. The molecular weight excluding hydrogens is 252 g/mol. The van der Waals surface area contributed by atoms with Gasteiger partial charge in [-0.1, -0.05) is 20.8 Å². The van der Waals surface area contributed by atoms with Crippen LogP contribution < -0.4 is 5.32 Å². The Kier molecular flexibility index (Phi) is 3.12. The fourth-order valence-electron chi connectivity index (χ4n) is 3.41. The minimum atomic E-state index is -0.290. The summed E-state index contributed by atoms with van der Waals surface area (Å²) in [5.41, 5.74) is 2.12. The Balaban J connectivity index is 1.76. The van der Waals surface area contributed by atoms with Crippen molar-refractivity contribution in [2.75, 3.05) is 19.6 Å². The number of hydrogen-bond donors (Lipinski definition) is 2. The first-order chi connectivity index (χ1) is 9.42. The summed E-state index contributed by atoms with van der Waals surface area (Å²) in [4.78, 5) is 22.2. The van der Waals surface area contributed by atoms with Crippen LogP contribution >= 0.6 is 0 Å². The molecule has 0 bridgehead atoms. The van der Waals surface area contributed by atoms with Crippen LogP contribution in [0.15, 0.2) is 6.33 Å². The Hall–Kier alpha value is -1.36. The highest BCUT2D eigenvalue weighted by atomic mass is 16.2. The standard InChI is InChI=1S/C15H24N4O/c1-14(2,3)13(20)19-8-5-15(6-9-19)12-11(4-7-18-15)16-10-17-12/h10,18H,4-9H2,1-3H3,(H,16,17). The summed E-state index contributed by atoms with van der Waals surface area (Å²) >= 11 is 0. The van der Waals surface area contributed by atoms with E-state index in [2.05, 4.69) is 15.3 Å². The highest BCUT2D eigenvalue weighted by Crippen LogP contribution is 2.36. The Labute approximate surface area is 120 Å². The van der Waals surface area contributed by atoms with Gasteiger partial charge in [0, 0.05) is 37.2 Å². The lowest BCUT2D eigenvalue weighted by atomic mass is 9.80. The molecule has 2 N–H and O–H groups in total. The van der Waals surface area contributed by atoms with Crippen molar-refractivity contribution in [3.05, 3.63) is 17.7 Å². The number of piperidine rings is 1. The van der Waals surface area contributed by atoms with E-state index in [4.69, 9.17) is 0 Å². The number of nitrogens with one attached hydrogen (secondary N) is 2. The van der Waals surface area contributed by atoms with Crippen LogP contribution in [0, 0.1) is 5.41 Å². The fraction of sp³-hybridized carbons (Fsp3) is 0.733. The normalized spacial score (nSPS) is 21.9. The summed E-state index contributed by atoms with van der Waals surface area (Å²) < 4.78 is 0. The van der Waals surface area contributed by atoms with Gasteiger partial charge in [0.05, 0.1) is 17.6 Å². The van der Waals surface area contributed by atoms with E-state index in [9.17, 15) is 4.79 Å². The summed E-state index contributed by atoms with van der Waals surface area (Å²) in [5.74, 6) is 0.255. The van der Waals surface area contributed by atoms with Crippen molar-refractivity contribution in [3.63, 3.8) is 0 Å². The monoisotopic (exact) mass is 276 g/mol. The average molecular weight is 276 g/mol. The number of H-pyrrole nitrogens is 1. The number of rotatable bonds is 0.